The minimum Gasteiger partial charge on any atom is -0.395 e. The Morgan fingerprint density at radius 1 is 0.667 bits per heavy atom. The van der Waals surface area contributed by atoms with Crippen molar-refractivity contribution >= 4 is 8.56 Å². The van der Waals surface area contributed by atoms with Crippen LogP contribution in [0.3, 0.4) is 0 Å². The van der Waals surface area contributed by atoms with Crippen LogP contribution in [-0.4, -0.2) is 21.8 Å². The first-order chi connectivity index (χ1) is 8.68. The first kappa shape index (κ1) is 18.1. The maximum Gasteiger partial charge on any atom is 0.334 e. The van der Waals surface area contributed by atoms with Crippen LogP contribution in [0.2, 0.25) is 12.6 Å². The first-order valence-corrected chi connectivity index (χ1v) is 10.5. The number of unbranched alkanes of at least 4 members (excludes halogenated alkanes) is 7. The van der Waals surface area contributed by atoms with Crippen molar-refractivity contribution < 1.29 is 8.85 Å². The van der Waals surface area contributed by atoms with Crippen molar-refractivity contribution in [2.24, 2.45) is 0 Å². The Hall–Kier alpha value is 0.137. The second-order valence-corrected chi connectivity index (χ2v) is 8.57. The highest BCUT2D eigenvalue weighted by molar-refractivity contribution is 6.66. The molecule has 0 aromatic carbocycles. The number of hydrogen-bond acceptors (Lipinski definition) is 2. The first-order valence-electron chi connectivity index (χ1n) is 7.96. The van der Waals surface area contributed by atoms with Crippen molar-refractivity contribution in [2.75, 3.05) is 13.2 Å². The van der Waals surface area contributed by atoms with Crippen LogP contribution in [0.15, 0.2) is 0 Å². The average molecular weight is 275 g/mol. The Labute approximate surface area is 116 Å². The van der Waals surface area contributed by atoms with Crippen LogP contribution < -0.4 is 0 Å². The van der Waals surface area contributed by atoms with Gasteiger partial charge in [0.1, 0.15) is 0 Å². The minimum atomic E-state index is -1.83. The van der Waals surface area contributed by atoms with E-state index in [4.69, 9.17) is 8.85 Å². The van der Waals surface area contributed by atoms with Gasteiger partial charge in [0, 0.05) is 13.2 Å². The summed E-state index contributed by atoms with van der Waals surface area (Å²) in [6, 6.07) is 1.16. The monoisotopic (exact) mass is 274 g/mol. The molecular weight excluding hydrogens is 240 g/mol. The average Bonchev–Trinajstić information content (AvgIpc) is 2.33. The SMILES string of the molecule is CCCCCCCCCC[Si](C)(OCC)OCC. The molecule has 0 fully saturated rings. The Morgan fingerprint density at radius 2 is 1.11 bits per heavy atom. The summed E-state index contributed by atoms with van der Waals surface area (Å²) in [7, 11) is -1.83. The maximum atomic E-state index is 5.85. The van der Waals surface area contributed by atoms with E-state index in [1.807, 2.05) is 0 Å². The molecule has 0 bridgehead atoms. The molecule has 0 aliphatic carbocycles. The zero-order chi connectivity index (χ0) is 13.7. The predicted octanol–water partition coefficient (Wildman–Crippen LogP) is 5.27. The van der Waals surface area contributed by atoms with Crippen LogP contribution in [0.4, 0.5) is 0 Å². The van der Waals surface area contributed by atoms with Crippen LogP contribution in [0.5, 0.6) is 0 Å². The third-order valence-corrected chi connectivity index (χ3v) is 6.44. The molecule has 2 nitrogen and oxygen atoms in total. The third kappa shape index (κ3) is 10.1. The second kappa shape index (κ2) is 12.2. The van der Waals surface area contributed by atoms with E-state index in [0.717, 1.165) is 19.3 Å². The van der Waals surface area contributed by atoms with Gasteiger partial charge < -0.3 is 8.85 Å². The van der Waals surface area contributed by atoms with Crippen molar-refractivity contribution in [3.8, 4) is 0 Å². The molecular formula is C15H34O2Si. The molecule has 0 N–H and O–H groups in total. The van der Waals surface area contributed by atoms with E-state index in [-0.39, 0.29) is 0 Å². The summed E-state index contributed by atoms with van der Waals surface area (Å²) in [6.45, 7) is 10.2. The minimum absolute atomic E-state index is 0.791. The van der Waals surface area contributed by atoms with Gasteiger partial charge in [0.15, 0.2) is 0 Å². The van der Waals surface area contributed by atoms with E-state index < -0.39 is 8.56 Å². The predicted molar refractivity (Wildman–Crippen MR) is 82.3 cm³/mol. The molecule has 0 aliphatic heterocycles. The summed E-state index contributed by atoms with van der Waals surface area (Å²) in [6.07, 6.45) is 11.0. The molecule has 110 valence electrons. The van der Waals surface area contributed by atoms with Crippen LogP contribution in [-0.2, 0) is 8.85 Å². The van der Waals surface area contributed by atoms with E-state index in [1.165, 1.54) is 51.4 Å². The van der Waals surface area contributed by atoms with Crippen molar-refractivity contribution in [3.05, 3.63) is 0 Å². The quantitative estimate of drug-likeness (QED) is 0.336. The Kier molecular flexibility index (Phi) is 12.3. The Morgan fingerprint density at radius 3 is 1.56 bits per heavy atom. The summed E-state index contributed by atoms with van der Waals surface area (Å²) in [4.78, 5) is 0. The molecule has 0 rings (SSSR count). The highest BCUT2D eigenvalue weighted by Gasteiger charge is 2.29. The molecule has 0 saturated heterocycles. The highest BCUT2D eigenvalue weighted by atomic mass is 28.4. The molecule has 0 spiro atoms. The molecule has 0 radical (unpaired) electrons. The van der Waals surface area contributed by atoms with Gasteiger partial charge in [-0.05, 0) is 26.4 Å². The number of hydrogen-bond donors (Lipinski definition) is 0. The second-order valence-electron chi connectivity index (χ2n) is 5.22. The zero-order valence-corrected chi connectivity index (χ0v) is 14.1. The fourth-order valence-electron chi connectivity index (χ4n) is 2.38. The van der Waals surface area contributed by atoms with E-state index in [9.17, 15) is 0 Å². The molecule has 0 heterocycles. The van der Waals surface area contributed by atoms with E-state index >= 15 is 0 Å². The summed E-state index contributed by atoms with van der Waals surface area (Å²) in [5.74, 6) is 0. The summed E-state index contributed by atoms with van der Waals surface area (Å²) >= 11 is 0. The van der Waals surface area contributed by atoms with Gasteiger partial charge in [-0.3, -0.25) is 0 Å². The molecule has 0 unspecified atom stereocenters. The molecule has 0 saturated carbocycles. The summed E-state index contributed by atoms with van der Waals surface area (Å²) in [5.41, 5.74) is 0. The highest BCUT2D eigenvalue weighted by Crippen LogP contribution is 2.19. The summed E-state index contributed by atoms with van der Waals surface area (Å²) < 4.78 is 11.7. The van der Waals surface area contributed by atoms with Crippen molar-refractivity contribution in [2.45, 2.75) is 84.7 Å². The zero-order valence-electron chi connectivity index (χ0n) is 13.1. The van der Waals surface area contributed by atoms with E-state index in [1.54, 1.807) is 0 Å². The van der Waals surface area contributed by atoms with E-state index in [0.29, 0.717) is 0 Å². The van der Waals surface area contributed by atoms with Gasteiger partial charge in [0.05, 0.1) is 0 Å². The largest absolute Gasteiger partial charge is 0.395 e. The smallest absolute Gasteiger partial charge is 0.334 e. The fraction of sp³-hybridized carbons (Fsp3) is 1.00. The van der Waals surface area contributed by atoms with Gasteiger partial charge in [-0.2, -0.15) is 0 Å². The molecule has 0 aromatic heterocycles. The topological polar surface area (TPSA) is 18.5 Å². The van der Waals surface area contributed by atoms with Gasteiger partial charge in [-0.1, -0.05) is 58.3 Å². The molecule has 0 aliphatic rings. The fourth-order valence-corrected chi connectivity index (χ4v) is 4.86. The normalized spacial score (nSPS) is 12.0. The van der Waals surface area contributed by atoms with Crippen molar-refractivity contribution in [3.63, 3.8) is 0 Å². The van der Waals surface area contributed by atoms with Crippen LogP contribution in [0.25, 0.3) is 0 Å². The lowest BCUT2D eigenvalue weighted by molar-refractivity contribution is 0.188. The molecule has 18 heavy (non-hydrogen) atoms. The van der Waals surface area contributed by atoms with Gasteiger partial charge >= 0.3 is 8.56 Å². The lowest BCUT2D eigenvalue weighted by Gasteiger charge is -2.25. The van der Waals surface area contributed by atoms with Crippen molar-refractivity contribution in [1.82, 2.24) is 0 Å². The van der Waals surface area contributed by atoms with Crippen LogP contribution >= 0.6 is 0 Å². The molecule has 0 amide bonds. The Bertz CT molecular complexity index is 168. The maximum absolute atomic E-state index is 5.85. The van der Waals surface area contributed by atoms with Crippen molar-refractivity contribution in [1.29, 1.82) is 0 Å². The molecule has 3 heteroatoms. The van der Waals surface area contributed by atoms with Gasteiger partial charge in [-0.25, -0.2) is 0 Å². The van der Waals surface area contributed by atoms with E-state index in [2.05, 4.69) is 27.3 Å². The summed E-state index contributed by atoms with van der Waals surface area (Å²) in [5, 5.41) is 0. The standard InChI is InChI=1S/C15H34O2Si/c1-5-8-9-10-11-12-13-14-15-18(4,16-6-2)17-7-3/h5-15H2,1-4H3. The van der Waals surface area contributed by atoms with Gasteiger partial charge in [-0.15, -0.1) is 0 Å². The van der Waals surface area contributed by atoms with Gasteiger partial charge in [0.25, 0.3) is 0 Å². The van der Waals surface area contributed by atoms with Crippen LogP contribution in [0.1, 0.15) is 72.1 Å². The van der Waals surface area contributed by atoms with Crippen LogP contribution in [0, 0.1) is 0 Å². The lowest BCUT2D eigenvalue weighted by Crippen LogP contribution is -2.38. The third-order valence-electron chi connectivity index (χ3n) is 3.38. The molecule has 0 atom stereocenters. The lowest BCUT2D eigenvalue weighted by atomic mass is 10.1. The number of rotatable bonds is 13. The molecule has 0 aromatic rings. The van der Waals surface area contributed by atoms with Gasteiger partial charge in [0.2, 0.25) is 0 Å². The Balaban J connectivity index is 3.49.